The Labute approximate surface area is 103 Å². The van der Waals surface area contributed by atoms with Crippen molar-refractivity contribution in [2.75, 3.05) is 0 Å². The largest absolute Gasteiger partial charge is 0.416 e. The molecule has 0 aliphatic rings. The molecule has 1 aromatic carbocycles. The van der Waals surface area contributed by atoms with Crippen molar-refractivity contribution >= 4 is 16.1 Å². The number of rotatable bonds is 3. The van der Waals surface area contributed by atoms with E-state index in [2.05, 4.69) is 0 Å². The molecule has 3 nitrogen and oxygen atoms in total. The SMILES string of the molecule is CC(C)(C=O)S(=O)(=O)c1cccc(C(F)(F)F)c1. The molecule has 0 unspecified atom stereocenters. The highest BCUT2D eigenvalue weighted by Gasteiger charge is 2.37. The van der Waals surface area contributed by atoms with E-state index in [1.54, 1.807) is 0 Å². The van der Waals surface area contributed by atoms with Crippen LogP contribution in [0.4, 0.5) is 13.2 Å². The normalized spacial score (nSPS) is 13.4. The minimum absolute atomic E-state index is 0.197. The van der Waals surface area contributed by atoms with Gasteiger partial charge < -0.3 is 4.79 Å². The Balaban J connectivity index is 3.41. The molecule has 0 radical (unpaired) electrons. The molecule has 18 heavy (non-hydrogen) atoms. The van der Waals surface area contributed by atoms with Crippen LogP contribution in [-0.4, -0.2) is 19.5 Å². The lowest BCUT2D eigenvalue weighted by molar-refractivity contribution is -0.137. The molecule has 0 saturated carbocycles. The van der Waals surface area contributed by atoms with E-state index >= 15 is 0 Å². The van der Waals surface area contributed by atoms with Crippen LogP contribution in [0, 0.1) is 0 Å². The molecule has 0 amide bonds. The summed E-state index contributed by atoms with van der Waals surface area (Å²) in [6, 6.07) is 3.33. The summed E-state index contributed by atoms with van der Waals surface area (Å²) in [5.74, 6) is 0. The molecule has 0 saturated heterocycles. The minimum atomic E-state index is -4.63. The van der Waals surface area contributed by atoms with E-state index in [0.717, 1.165) is 32.0 Å². The first-order chi connectivity index (χ1) is 8.02. The van der Waals surface area contributed by atoms with E-state index in [-0.39, 0.29) is 6.29 Å². The predicted molar refractivity (Wildman–Crippen MR) is 58.8 cm³/mol. The molecule has 0 aromatic heterocycles. The van der Waals surface area contributed by atoms with Gasteiger partial charge >= 0.3 is 6.18 Å². The fourth-order valence-electron chi connectivity index (χ4n) is 1.21. The monoisotopic (exact) mass is 280 g/mol. The number of hydrogen-bond acceptors (Lipinski definition) is 3. The Hall–Kier alpha value is -1.37. The van der Waals surface area contributed by atoms with Crippen molar-refractivity contribution in [3.8, 4) is 0 Å². The lowest BCUT2D eigenvalue weighted by Crippen LogP contribution is -2.33. The Bertz CT molecular complexity index is 559. The molecule has 7 heteroatoms. The van der Waals surface area contributed by atoms with E-state index in [9.17, 15) is 26.4 Å². The zero-order chi connectivity index (χ0) is 14.2. The number of carbonyl (C=O) groups is 1. The van der Waals surface area contributed by atoms with Gasteiger partial charge in [0.05, 0.1) is 10.5 Å². The second kappa shape index (κ2) is 4.38. The highest BCUT2D eigenvalue weighted by atomic mass is 32.2. The maximum absolute atomic E-state index is 12.5. The third kappa shape index (κ3) is 2.55. The molecule has 0 aliphatic heterocycles. The molecule has 0 aliphatic carbocycles. The van der Waals surface area contributed by atoms with Crippen molar-refractivity contribution in [1.82, 2.24) is 0 Å². The van der Waals surface area contributed by atoms with Gasteiger partial charge in [0.25, 0.3) is 0 Å². The second-order valence-corrected chi connectivity index (χ2v) is 6.78. The van der Waals surface area contributed by atoms with Crippen molar-refractivity contribution in [2.24, 2.45) is 0 Å². The highest BCUT2D eigenvalue weighted by Crippen LogP contribution is 2.32. The molecule has 0 fully saturated rings. The fraction of sp³-hybridized carbons (Fsp3) is 0.364. The van der Waals surface area contributed by atoms with Gasteiger partial charge in [-0.3, -0.25) is 0 Å². The Morgan fingerprint density at radius 1 is 1.17 bits per heavy atom. The fourth-order valence-corrected chi connectivity index (χ4v) is 2.48. The molecular weight excluding hydrogens is 269 g/mol. The summed E-state index contributed by atoms with van der Waals surface area (Å²) in [4.78, 5) is 10.2. The molecule has 100 valence electrons. The predicted octanol–water partition coefficient (Wildman–Crippen LogP) is 2.46. The number of aldehydes is 1. The summed E-state index contributed by atoms with van der Waals surface area (Å²) in [5.41, 5.74) is -1.06. The van der Waals surface area contributed by atoms with E-state index in [0.29, 0.717) is 6.07 Å². The maximum Gasteiger partial charge on any atom is 0.416 e. The first-order valence-electron chi connectivity index (χ1n) is 4.90. The Kier molecular flexibility index (Phi) is 3.58. The summed E-state index contributed by atoms with van der Waals surface area (Å²) in [7, 11) is -4.14. The van der Waals surface area contributed by atoms with Crippen molar-refractivity contribution in [2.45, 2.75) is 29.7 Å². The molecule has 0 bridgehead atoms. The molecular formula is C11H11F3O3S. The number of hydrogen-bond donors (Lipinski definition) is 0. The highest BCUT2D eigenvalue weighted by molar-refractivity contribution is 7.93. The summed E-state index contributed by atoms with van der Waals surface area (Å²) < 4.78 is 59.6. The lowest BCUT2D eigenvalue weighted by atomic mass is 10.2. The lowest BCUT2D eigenvalue weighted by Gasteiger charge is -2.18. The average molecular weight is 280 g/mol. The standard InChI is InChI=1S/C11H11F3O3S/c1-10(2,7-15)18(16,17)9-5-3-4-8(6-9)11(12,13)14/h3-7H,1-2H3. The third-order valence-corrected chi connectivity index (χ3v) is 4.80. The van der Waals surface area contributed by atoms with Crippen LogP contribution in [0.25, 0.3) is 0 Å². The number of carbonyl (C=O) groups excluding carboxylic acids is 1. The first-order valence-corrected chi connectivity index (χ1v) is 6.39. The molecule has 0 atom stereocenters. The van der Waals surface area contributed by atoms with E-state index in [1.807, 2.05) is 0 Å². The van der Waals surface area contributed by atoms with Gasteiger partial charge in [-0.15, -0.1) is 0 Å². The number of benzene rings is 1. The maximum atomic E-state index is 12.5. The topological polar surface area (TPSA) is 51.2 Å². The van der Waals surface area contributed by atoms with Crippen LogP contribution < -0.4 is 0 Å². The van der Waals surface area contributed by atoms with Gasteiger partial charge in [0.1, 0.15) is 11.0 Å². The molecule has 0 heterocycles. The van der Waals surface area contributed by atoms with Crippen molar-refractivity contribution < 1.29 is 26.4 Å². The smallest absolute Gasteiger partial charge is 0.302 e. The zero-order valence-corrected chi connectivity index (χ0v) is 10.5. The average Bonchev–Trinajstić information content (AvgIpc) is 2.28. The van der Waals surface area contributed by atoms with Gasteiger partial charge in [-0.05, 0) is 32.0 Å². The van der Waals surface area contributed by atoms with Gasteiger partial charge in [0.2, 0.25) is 0 Å². The number of halogens is 3. The van der Waals surface area contributed by atoms with Crippen molar-refractivity contribution in [3.05, 3.63) is 29.8 Å². The van der Waals surface area contributed by atoms with Crippen LogP contribution in [0.1, 0.15) is 19.4 Å². The number of sulfone groups is 1. The van der Waals surface area contributed by atoms with E-state index in [1.165, 1.54) is 0 Å². The molecule has 0 N–H and O–H groups in total. The second-order valence-electron chi connectivity index (χ2n) is 4.25. The van der Waals surface area contributed by atoms with Gasteiger partial charge in [-0.25, -0.2) is 8.42 Å². The zero-order valence-electron chi connectivity index (χ0n) is 9.65. The van der Waals surface area contributed by atoms with Crippen LogP contribution in [0.3, 0.4) is 0 Å². The summed E-state index contributed by atoms with van der Waals surface area (Å²) in [6.45, 7) is 2.27. The van der Waals surface area contributed by atoms with Crippen LogP contribution in [-0.2, 0) is 20.8 Å². The van der Waals surface area contributed by atoms with E-state index in [4.69, 9.17) is 0 Å². The first kappa shape index (κ1) is 14.7. The van der Waals surface area contributed by atoms with Gasteiger partial charge in [-0.1, -0.05) is 6.07 Å². The van der Waals surface area contributed by atoms with Crippen LogP contribution in [0.5, 0.6) is 0 Å². The summed E-state index contributed by atoms with van der Waals surface area (Å²) in [5, 5.41) is 0. The van der Waals surface area contributed by atoms with Crippen LogP contribution in [0.2, 0.25) is 0 Å². The van der Waals surface area contributed by atoms with Gasteiger partial charge in [0, 0.05) is 0 Å². The Morgan fingerprint density at radius 2 is 1.72 bits per heavy atom. The summed E-state index contributed by atoms with van der Waals surface area (Å²) >= 11 is 0. The van der Waals surface area contributed by atoms with E-state index < -0.39 is 31.2 Å². The number of alkyl halides is 3. The molecule has 1 rings (SSSR count). The van der Waals surface area contributed by atoms with Gasteiger partial charge in [0.15, 0.2) is 9.84 Å². The molecule has 0 spiro atoms. The molecule has 1 aromatic rings. The van der Waals surface area contributed by atoms with Crippen molar-refractivity contribution in [3.63, 3.8) is 0 Å². The van der Waals surface area contributed by atoms with Gasteiger partial charge in [-0.2, -0.15) is 13.2 Å². The Morgan fingerprint density at radius 3 is 2.17 bits per heavy atom. The van der Waals surface area contributed by atoms with Crippen LogP contribution >= 0.6 is 0 Å². The van der Waals surface area contributed by atoms with Crippen LogP contribution in [0.15, 0.2) is 29.2 Å². The van der Waals surface area contributed by atoms with Crippen molar-refractivity contribution in [1.29, 1.82) is 0 Å². The quantitative estimate of drug-likeness (QED) is 0.799. The summed E-state index contributed by atoms with van der Waals surface area (Å²) in [6.07, 6.45) is -4.43. The third-order valence-electron chi connectivity index (χ3n) is 2.45. The minimum Gasteiger partial charge on any atom is -0.302 e.